The first-order chi connectivity index (χ1) is 9.17. The van der Waals surface area contributed by atoms with Crippen LogP contribution in [0.3, 0.4) is 0 Å². The molecule has 0 aromatic rings. The van der Waals surface area contributed by atoms with Gasteiger partial charge in [-0.25, -0.2) is 8.42 Å². The second-order valence-corrected chi connectivity index (χ2v) is 7.94. The van der Waals surface area contributed by atoms with Gasteiger partial charge in [-0.05, 0) is 25.2 Å². The first kappa shape index (κ1) is 16.9. The summed E-state index contributed by atoms with van der Waals surface area (Å²) in [6, 6.07) is 0. The number of ether oxygens (including phenoxy) is 2. The van der Waals surface area contributed by atoms with Crippen LogP contribution in [0, 0.1) is 11.3 Å². The number of sulfone groups is 1. The van der Waals surface area contributed by atoms with Crippen molar-refractivity contribution in [1.82, 2.24) is 0 Å². The van der Waals surface area contributed by atoms with Crippen LogP contribution in [0.5, 0.6) is 0 Å². The van der Waals surface area contributed by atoms with E-state index in [9.17, 15) is 18.0 Å². The van der Waals surface area contributed by atoms with Crippen molar-refractivity contribution in [3.63, 3.8) is 0 Å². The van der Waals surface area contributed by atoms with E-state index in [1.165, 1.54) is 28.1 Å². The van der Waals surface area contributed by atoms with Crippen molar-refractivity contribution in [3.8, 4) is 0 Å². The highest BCUT2D eigenvalue weighted by Gasteiger charge is 2.49. The van der Waals surface area contributed by atoms with E-state index in [-0.39, 0.29) is 12.2 Å². The minimum atomic E-state index is -3.47. The maximum absolute atomic E-state index is 12.4. The van der Waals surface area contributed by atoms with Gasteiger partial charge in [0.1, 0.15) is 0 Å². The summed E-state index contributed by atoms with van der Waals surface area (Å²) >= 11 is 0. The summed E-state index contributed by atoms with van der Waals surface area (Å²) in [4.78, 5) is 22.8. The number of carbonyl (C=O) groups is 2. The fourth-order valence-electron chi connectivity index (χ4n) is 2.17. The maximum Gasteiger partial charge on any atom is 0.309 e. The summed E-state index contributed by atoms with van der Waals surface area (Å²) < 4.78 is 33.9. The Morgan fingerprint density at radius 2 is 1.70 bits per heavy atom. The van der Waals surface area contributed by atoms with Crippen LogP contribution in [0.25, 0.3) is 0 Å². The van der Waals surface area contributed by atoms with Gasteiger partial charge in [0.25, 0.3) is 0 Å². The monoisotopic (exact) mass is 306 g/mol. The van der Waals surface area contributed by atoms with Crippen LogP contribution >= 0.6 is 0 Å². The van der Waals surface area contributed by atoms with Gasteiger partial charge >= 0.3 is 11.9 Å². The van der Waals surface area contributed by atoms with Crippen molar-refractivity contribution in [2.24, 2.45) is 11.3 Å². The van der Waals surface area contributed by atoms with Crippen LogP contribution in [0.2, 0.25) is 0 Å². The lowest BCUT2D eigenvalue weighted by Gasteiger charge is -2.21. The molecular formula is C13H22O6S. The van der Waals surface area contributed by atoms with Crippen LogP contribution in [0.4, 0.5) is 0 Å². The quantitative estimate of drug-likeness (QED) is 0.651. The molecule has 0 aromatic heterocycles. The van der Waals surface area contributed by atoms with Crippen molar-refractivity contribution in [1.29, 1.82) is 0 Å². The zero-order valence-electron chi connectivity index (χ0n) is 12.3. The van der Waals surface area contributed by atoms with E-state index in [1.807, 2.05) is 0 Å². The number of esters is 2. The third-order valence-electron chi connectivity index (χ3n) is 4.06. The highest BCUT2D eigenvalue weighted by atomic mass is 32.2. The Kier molecular flexibility index (Phi) is 5.18. The van der Waals surface area contributed by atoms with E-state index in [0.29, 0.717) is 12.8 Å². The average Bonchev–Trinajstić information content (AvgIpc) is 3.14. The average molecular weight is 306 g/mol. The normalized spacial score (nSPS) is 19.8. The molecule has 2 unspecified atom stereocenters. The maximum atomic E-state index is 12.4. The third-order valence-corrected chi connectivity index (χ3v) is 6.61. The highest BCUT2D eigenvalue weighted by molar-refractivity contribution is 7.92. The van der Waals surface area contributed by atoms with Crippen molar-refractivity contribution >= 4 is 21.8 Å². The Morgan fingerprint density at radius 3 is 2.10 bits per heavy atom. The Bertz CT molecular complexity index is 477. The fraction of sp³-hybridized carbons (Fsp3) is 0.846. The minimum Gasteiger partial charge on any atom is -0.469 e. The summed E-state index contributed by atoms with van der Waals surface area (Å²) in [7, 11) is -0.952. The van der Waals surface area contributed by atoms with Gasteiger partial charge < -0.3 is 9.47 Å². The van der Waals surface area contributed by atoms with E-state index in [1.54, 1.807) is 0 Å². The first-order valence-corrected chi connectivity index (χ1v) is 8.25. The zero-order valence-corrected chi connectivity index (χ0v) is 13.2. The molecule has 6 nitrogen and oxygen atoms in total. The summed E-state index contributed by atoms with van der Waals surface area (Å²) in [5, 5.41) is -0.829. The number of carbonyl (C=O) groups excluding carboxylic acids is 2. The van der Waals surface area contributed by atoms with Crippen LogP contribution in [-0.4, -0.2) is 45.6 Å². The molecule has 1 fully saturated rings. The standard InChI is InChI=1S/C13H22O6S/c1-9(12(15)19-4)10(2)20(16,17)8-13(5-6-13)7-11(14)18-3/h9-10H,5-8H2,1-4H3. The highest BCUT2D eigenvalue weighted by Crippen LogP contribution is 2.50. The first-order valence-electron chi connectivity index (χ1n) is 6.54. The smallest absolute Gasteiger partial charge is 0.309 e. The lowest BCUT2D eigenvalue weighted by Crippen LogP contribution is -2.35. The molecule has 2 atom stereocenters. The molecule has 0 radical (unpaired) electrons. The van der Waals surface area contributed by atoms with Crippen LogP contribution in [0.15, 0.2) is 0 Å². The van der Waals surface area contributed by atoms with Crippen molar-refractivity contribution < 1.29 is 27.5 Å². The molecule has 0 spiro atoms. The number of hydrogen-bond acceptors (Lipinski definition) is 6. The molecule has 0 N–H and O–H groups in total. The second-order valence-electron chi connectivity index (χ2n) is 5.58. The van der Waals surface area contributed by atoms with E-state index in [2.05, 4.69) is 9.47 Å². The topological polar surface area (TPSA) is 86.7 Å². The van der Waals surface area contributed by atoms with Crippen molar-refractivity contribution in [3.05, 3.63) is 0 Å². The molecule has 0 aliphatic heterocycles. The number of methoxy groups -OCH3 is 2. The molecule has 7 heteroatoms. The summed E-state index contributed by atoms with van der Waals surface area (Å²) in [5.41, 5.74) is -0.504. The van der Waals surface area contributed by atoms with Gasteiger partial charge in [0.2, 0.25) is 0 Å². The van der Waals surface area contributed by atoms with Crippen molar-refractivity contribution in [2.75, 3.05) is 20.0 Å². The van der Waals surface area contributed by atoms with Crippen LogP contribution < -0.4 is 0 Å². The molecule has 0 aromatic carbocycles. The molecule has 0 bridgehead atoms. The van der Waals surface area contributed by atoms with Gasteiger partial charge in [-0.15, -0.1) is 0 Å². The van der Waals surface area contributed by atoms with Gasteiger partial charge in [-0.3, -0.25) is 9.59 Å². The van der Waals surface area contributed by atoms with Gasteiger partial charge in [-0.1, -0.05) is 6.92 Å². The molecule has 1 rings (SSSR count). The lowest BCUT2D eigenvalue weighted by atomic mass is 10.1. The largest absolute Gasteiger partial charge is 0.469 e. The predicted molar refractivity (Wildman–Crippen MR) is 72.7 cm³/mol. The van der Waals surface area contributed by atoms with E-state index in [0.717, 1.165) is 0 Å². The van der Waals surface area contributed by atoms with Gasteiger partial charge in [0.05, 0.1) is 37.6 Å². The van der Waals surface area contributed by atoms with Crippen LogP contribution in [0.1, 0.15) is 33.1 Å². The van der Waals surface area contributed by atoms with Crippen LogP contribution in [-0.2, 0) is 28.9 Å². The van der Waals surface area contributed by atoms with E-state index in [4.69, 9.17) is 0 Å². The summed E-state index contributed by atoms with van der Waals surface area (Å²) in [6.07, 6.45) is 1.50. The third kappa shape index (κ3) is 3.94. The number of rotatable bonds is 7. The molecule has 0 saturated heterocycles. The van der Waals surface area contributed by atoms with Gasteiger partial charge in [0.15, 0.2) is 9.84 Å². The molecule has 20 heavy (non-hydrogen) atoms. The van der Waals surface area contributed by atoms with Gasteiger partial charge in [0, 0.05) is 0 Å². The fourth-order valence-corrected chi connectivity index (χ4v) is 4.41. The second kappa shape index (κ2) is 6.11. The Morgan fingerprint density at radius 1 is 1.15 bits per heavy atom. The molecular weight excluding hydrogens is 284 g/mol. The van der Waals surface area contributed by atoms with Crippen molar-refractivity contribution in [2.45, 2.75) is 38.4 Å². The summed E-state index contributed by atoms with van der Waals surface area (Å²) in [6.45, 7) is 3.04. The molecule has 116 valence electrons. The Balaban J connectivity index is 2.75. The predicted octanol–water partition coefficient (Wildman–Crippen LogP) is 0.942. The lowest BCUT2D eigenvalue weighted by molar-refractivity contribution is -0.145. The SMILES string of the molecule is COC(=O)CC1(CS(=O)(=O)C(C)C(C)C(=O)OC)CC1. The molecule has 1 aliphatic carbocycles. The molecule has 0 amide bonds. The van der Waals surface area contributed by atoms with Gasteiger partial charge in [-0.2, -0.15) is 0 Å². The molecule has 1 aliphatic rings. The number of hydrogen-bond donors (Lipinski definition) is 0. The minimum absolute atomic E-state index is 0.0857. The van der Waals surface area contributed by atoms with E-state index < -0.39 is 38.4 Å². The molecule has 0 heterocycles. The Hall–Kier alpha value is -1.11. The zero-order chi connectivity index (χ0) is 15.6. The molecule has 1 saturated carbocycles. The summed E-state index contributed by atoms with van der Waals surface area (Å²) in [5.74, 6) is -1.75. The Labute approximate surface area is 119 Å². The van der Waals surface area contributed by atoms with E-state index >= 15 is 0 Å².